The number of ether oxygens (including phenoxy) is 1. The Morgan fingerprint density at radius 2 is 2.25 bits per heavy atom. The van der Waals surface area contributed by atoms with Gasteiger partial charge in [-0.15, -0.1) is 0 Å². The van der Waals surface area contributed by atoms with Crippen LogP contribution in [0.25, 0.3) is 0 Å². The molecule has 0 aromatic rings. The van der Waals surface area contributed by atoms with Crippen molar-refractivity contribution in [1.82, 2.24) is 10.2 Å². The molecule has 2 rings (SSSR count). The highest BCUT2D eigenvalue weighted by molar-refractivity contribution is 5.79. The van der Waals surface area contributed by atoms with Crippen molar-refractivity contribution in [3.8, 4) is 0 Å². The first kappa shape index (κ1) is 15.7. The van der Waals surface area contributed by atoms with Gasteiger partial charge in [0.25, 0.3) is 0 Å². The molecule has 0 aromatic carbocycles. The van der Waals surface area contributed by atoms with Gasteiger partial charge in [0, 0.05) is 19.2 Å². The van der Waals surface area contributed by atoms with E-state index in [9.17, 15) is 9.90 Å². The Labute approximate surface area is 121 Å². The molecule has 5 nitrogen and oxygen atoms in total. The van der Waals surface area contributed by atoms with Crippen LogP contribution in [0, 0.1) is 5.92 Å². The van der Waals surface area contributed by atoms with Gasteiger partial charge in [-0.25, -0.2) is 0 Å². The van der Waals surface area contributed by atoms with Gasteiger partial charge in [-0.1, -0.05) is 0 Å². The van der Waals surface area contributed by atoms with Gasteiger partial charge in [-0.05, 0) is 58.5 Å². The fourth-order valence-electron chi connectivity index (χ4n) is 3.66. The number of likely N-dealkylation sites (N-methyl/N-ethyl adjacent to an activating group) is 1. The van der Waals surface area contributed by atoms with Crippen LogP contribution in [0.2, 0.25) is 0 Å². The SMILES string of the molecule is CNC1(C(=O)O)CCCC(N(C)CC2CCCOC2)C1. The van der Waals surface area contributed by atoms with Crippen LogP contribution in [0.5, 0.6) is 0 Å². The van der Waals surface area contributed by atoms with Gasteiger partial charge in [-0.3, -0.25) is 4.79 Å². The smallest absolute Gasteiger partial charge is 0.323 e. The van der Waals surface area contributed by atoms with Gasteiger partial charge in [0.05, 0.1) is 6.61 Å². The summed E-state index contributed by atoms with van der Waals surface area (Å²) >= 11 is 0. The third-order valence-corrected chi connectivity index (χ3v) is 5.04. The summed E-state index contributed by atoms with van der Waals surface area (Å²) in [6.07, 6.45) is 5.88. The lowest BCUT2D eigenvalue weighted by Crippen LogP contribution is -2.57. The van der Waals surface area contributed by atoms with Gasteiger partial charge >= 0.3 is 5.97 Å². The molecule has 3 unspecified atom stereocenters. The van der Waals surface area contributed by atoms with E-state index < -0.39 is 11.5 Å². The quantitative estimate of drug-likeness (QED) is 0.797. The molecule has 20 heavy (non-hydrogen) atoms. The molecule has 0 amide bonds. The Morgan fingerprint density at radius 3 is 2.85 bits per heavy atom. The summed E-state index contributed by atoms with van der Waals surface area (Å²) in [5, 5.41) is 12.6. The van der Waals surface area contributed by atoms with Crippen LogP contribution in [0.15, 0.2) is 0 Å². The summed E-state index contributed by atoms with van der Waals surface area (Å²) in [5.41, 5.74) is -0.736. The highest BCUT2D eigenvalue weighted by atomic mass is 16.5. The summed E-state index contributed by atoms with van der Waals surface area (Å²) < 4.78 is 5.54. The van der Waals surface area contributed by atoms with Gasteiger partial charge in [-0.2, -0.15) is 0 Å². The van der Waals surface area contributed by atoms with E-state index in [1.54, 1.807) is 7.05 Å². The van der Waals surface area contributed by atoms with E-state index in [0.717, 1.165) is 45.4 Å². The van der Waals surface area contributed by atoms with Crippen LogP contribution in [-0.2, 0) is 9.53 Å². The molecule has 2 N–H and O–H groups in total. The van der Waals surface area contributed by atoms with Gasteiger partial charge in [0.1, 0.15) is 5.54 Å². The first-order chi connectivity index (χ1) is 9.57. The number of nitrogens with zero attached hydrogens (tertiary/aromatic N) is 1. The average molecular weight is 284 g/mol. The standard InChI is InChI=1S/C15H28N2O3/c1-16-15(14(18)19)7-3-6-13(9-15)17(2)10-12-5-4-8-20-11-12/h12-13,16H,3-11H2,1-2H3,(H,18,19). The summed E-state index contributed by atoms with van der Waals surface area (Å²) in [7, 11) is 3.90. The number of carbonyl (C=O) groups is 1. The predicted octanol–water partition coefficient (Wildman–Crippen LogP) is 1.33. The predicted molar refractivity (Wildman–Crippen MR) is 77.9 cm³/mol. The van der Waals surface area contributed by atoms with Crippen LogP contribution >= 0.6 is 0 Å². The molecule has 2 fully saturated rings. The number of hydrogen-bond acceptors (Lipinski definition) is 4. The Kier molecular flexibility index (Phi) is 5.41. The lowest BCUT2D eigenvalue weighted by Gasteiger charge is -2.42. The number of aliphatic carboxylic acids is 1. The maximum atomic E-state index is 11.6. The molecule has 1 aliphatic heterocycles. The number of nitrogens with one attached hydrogen (secondary N) is 1. The van der Waals surface area contributed by atoms with Crippen LogP contribution in [0.1, 0.15) is 38.5 Å². The Bertz CT molecular complexity index is 331. The fraction of sp³-hybridized carbons (Fsp3) is 0.933. The molecule has 1 aliphatic carbocycles. The summed E-state index contributed by atoms with van der Waals surface area (Å²) in [6.45, 7) is 2.77. The number of rotatable bonds is 5. The minimum absolute atomic E-state index is 0.356. The minimum Gasteiger partial charge on any atom is -0.480 e. The zero-order valence-electron chi connectivity index (χ0n) is 12.7. The van der Waals surface area contributed by atoms with Crippen LogP contribution in [0.3, 0.4) is 0 Å². The molecule has 116 valence electrons. The Balaban J connectivity index is 1.92. The van der Waals surface area contributed by atoms with Crippen LogP contribution in [-0.4, -0.2) is 61.4 Å². The zero-order chi connectivity index (χ0) is 14.6. The zero-order valence-corrected chi connectivity index (χ0v) is 12.7. The number of carboxylic acid groups (broad SMARTS) is 1. The monoisotopic (exact) mass is 284 g/mol. The second-order valence-corrected chi connectivity index (χ2v) is 6.41. The molecular formula is C15H28N2O3. The van der Waals surface area contributed by atoms with E-state index in [4.69, 9.17) is 4.74 Å². The molecule has 0 bridgehead atoms. The lowest BCUT2D eigenvalue weighted by molar-refractivity contribution is -0.147. The first-order valence-corrected chi connectivity index (χ1v) is 7.78. The lowest BCUT2D eigenvalue weighted by atomic mass is 9.78. The van der Waals surface area contributed by atoms with Crippen molar-refractivity contribution < 1.29 is 14.6 Å². The molecule has 0 aromatic heterocycles. The van der Waals surface area contributed by atoms with Crippen molar-refractivity contribution in [3.63, 3.8) is 0 Å². The topological polar surface area (TPSA) is 61.8 Å². The van der Waals surface area contributed by atoms with Crippen molar-refractivity contribution in [2.45, 2.75) is 50.1 Å². The van der Waals surface area contributed by atoms with E-state index >= 15 is 0 Å². The highest BCUT2D eigenvalue weighted by Crippen LogP contribution is 2.31. The fourth-order valence-corrected chi connectivity index (χ4v) is 3.66. The van der Waals surface area contributed by atoms with Crippen molar-refractivity contribution in [2.24, 2.45) is 5.92 Å². The number of carboxylic acids is 1. The van der Waals surface area contributed by atoms with Crippen molar-refractivity contribution in [3.05, 3.63) is 0 Å². The Hall–Kier alpha value is -0.650. The molecule has 1 saturated carbocycles. The summed E-state index contributed by atoms with van der Waals surface area (Å²) in [5.74, 6) is -0.108. The molecule has 3 atom stereocenters. The number of hydrogen-bond donors (Lipinski definition) is 2. The molecular weight excluding hydrogens is 256 g/mol. The second kappa shape index (κ2) is 6.87. The van der Waals surface area contributed by atoms with E-state index in [-0.39, 0.29) is 0 Å². The van der Waals surface area contributed by atoms with Gasteiger partial charge in [0.15, 0.2) is 0 Å². The summed E-state index contributed by atoms with van der Waals surface area (Å²) in [6, 6.07) is 0.356. The molecule has 2 aliphatic rings. The average Bonchev–Trinajstić information content (AvgIpc) is 2.48. The minimum atomic E-state index is -0.736. The molecule has 0 radical (unpaired) electrons. The highest BCUT2D eigenvalue weighted by Gasteiger charge is 2.42. The third-order valence-electron chi connectivity index (χ3n) is 5.04. The maximum absolute atomic E-state index is 11.6. The maximum Gasteiger partial charge on any atom is 0.323 e. The molecule has 1 saturated heterocycles. The molecule has 5 heteroatoms. The van der Waals surface area contributed by atoms with E-state index in [1.807, 2.05) is 0 Å². The largest absolute Gasteiger partial charge is 0.480 e. The van der Waals surface area contributed by atoms with Crippen molar-refractivity contribution in [1.29, 1.82) is 0 Å². The van der Waals surface area contributed by atoms with Crippen LogP contribution in [0.4, 0.5) is 0 Å². The van der Waals surface area contributed by atoms with Crippen molar-refractivity contribution in [2.75, 3.05) is 33.9 Å². The molecule has 0 spiro atoms. The van der Waals surface area contributed by atoms with Crippen molar-refractivity contribution >= 4 is 5.97 Å². The second-order valence-electron chi connectivity index (χ2n) is 6.41. The third kappa shape index (κ3) is 3.51. The summed E-state index contributed by atoms with van der Waals surface area (Å²) in [4.78, 5) is 13.9. The van der Waals surface area contributed by atoms with Crippen LogP contribution < -0.4 is 5.32 Å². The molecule has 1 heterocycles. The normalized spacial score (nSPS) is 35.1. The first-order valence-electron chi connectivity index (χ1n) is 7.78. The van der Waals surface area contributed by atoms with Gasteiger partial charge < -0.3 is 20.1 Å². The van der Waals surface area contributed by atoms with E-state index in [2.05, 4.69) is 17.3 Å². The Morgan fingerprint density at radius 1 is 1.45 bits per heavy atom. The van der Waals surface area contributed by atoms with E-state index in [0.29, 0.717) is 18.4 Å². The van der Waals surface area contributed by atoms with Gasteiger partial charge in [0.2, 0.25) is 0 Å². The van der Waals surface area contributed by atoms with E-state index in [1.165, 1.54) is 6.42 Å².